The van der Waals surface area contributed by atoms with Crippen LogP contribution in [0.1, 0.15) is 6.92 Å². The summed E-state index contributed by atoms with van der Waals surface area (Å²) in [5.74, 6) is 6.17. The van der Waals surface area contributed by atoms with Crippen LogP contribution >= 0.6 is 11.8 Å². The molecular weight excluding hydrogens is 244 g/mol. The number of nitrogens with one attached hydrogen (secondary N) is 1. The van der Waals surface area contributed by atoms with Gasteiger partial charge >= 0.3 is 5.69 Å². The van der Waals surface area contributed by atoms with Crippen molar-refractivity contribution in [2.75, 3.05) is 17.8 Å². The van der Waals surface area contributed by atoms with E-state index in [9.17, 15) is 10.1 Å². The van der Waals surface area contributed by atoms with Crippen LogP contribution in [0.25, 0.3) is 0 Å². The Hall–Kier alpha value is -1.38. The van der Waals surface area contributed by atoms with Crippen LogP contribution in [0.4, 0.5) is 11.5 Å². The number of hydrogen-bond donors (Lipinski definition) is 3. The molecule has 1 heterocycles. The molecule has 7 nitrogen and oxygen atoms in total. The van der Waals surface area contributed by atoms with E-state index in [1.54, 1.807) is 0 Å². The first kappa shape index (κ1) is 13.7. The van der Waals surface area contributed by atoms with Crippen LogP contribution < -0.4 is 11.3 Å². The van der Waals surface area contributed by atoms with Crippen molar-refractivity contribution < 1.29 is 10.0 Å². The number of pyridine rings is 1. The maximum absolute atomic E-state index is 10.8. The smallest absolute Gasteiger partial charge is 0.301 e. The third-order valence-electron chi connectivity index (χ3n) is 2.00. The second-order valence-electron chi connectivity index (χ2n) is 3.52. The number of aliphatic hydroxyl groups is 1. The van der Waals surface area contributed by atoms with E-state index in [0.29, 0.717) is 16.6 Å². The highest BCUT2D eigenvalue weighted by atomic mass is 32.2. The number of thioether (sulfide) groups is 1. The summed E-state index contributed by atoms with van der Waals surface area (Å²) >= 11 is 1.23. The molecule has 1 aromatic heterocycles. The van der Waals surface area contributed by atoms with Crippen LogP contribution in [0.15, 0.2) is 17.2 Å². The number of nitrogens with two attached hydrogens (primary N) is 1. The molecule has 94 valence electrons. The zero-order valence-electron chi connectivity index (χ0n) is 9.29. The Morgan fingerprint density at radius 1 is 1.71 bits per heavy atom. The van der Waals surface area contributed by atoms with Gasteiger partial charge in [-0.2, -0.15) is 0 Å². The molecule has 0 aliphatic rings. The van der Waals surface area contributed by atoms with E-state index in [2.05, 4.69) is 10.4 Å². The largest absolute Gasteiger partial charge is 0.396 e. The van der Waals surface area contributed by atoms with Crippen molar-refractivity contribution in [2.24, 2.45) is 11.8 Å². The maximum atomic E-state index is 10.8. The third-order valence-corrected chi connectivity index (χ3v) is 3.31. The quantitative estimate of drug-likeness (QED) is 0.302. The molecule has 4 N–H and O–H groups in total. The van der Waals surface area contributed by atoms with E-state index in [4.69, 9.17) is 10.9 Å². The molecule has 0 saturated heterocycles. The topological polar surface area (TPSA) is 114 Å². The fraction of sp³-hybridized carbons (Fsp3) is 0.444. The summed E-state index contributed by atoms with van der Waals surface area (Å²) < 4.78 is 0. The predicted molar refractivity (Wildman–Crippen MR) is 65.7 cm³/mol. The minimum atomic E-state index is -0.487. The van der Waals surface area contributed by atoms with Gasteiger partial charge in [0.15, 0.2) is 5.03 Å². The Kier molecular flexibility index (Phi) is 5.13. The van der Waals surface area contributed by atoms with Crippen molar-refractivity contribution in [3.8, 4) is 0 Å². The van der Waals surface area contributed by atoms with Gasteiger partial charge < -0.3 is 10.5 Å². The number of rotatable bonds is 6. The fourth-order valence-electron chi connectivity index (χ4n) is 1.03. The molecule has 8 heteroatoms. The average molecular weight is 258 g/mol. The minimum Gasteiger partial charge on any atom is -0.396 e. The van der Waals surface area contributed by atoms with Gasteiger partial charge in [-0.3, -0.25) is 10.1 Å². The first-order chi connectivity index (χ1) is 8.08. The van der Waals surface area contributed by atoms with E-state index in [1.807, 2.05) is 6.92 Å². The molecule has 0 amide bonds. The minimum absolute atomic E-state index is 0.0373. The summed E-state index contributed by atoms with van der Waals surface area (Å²) in [7, 11) is 0. The Labute approximate surface area is 103 Å². The molecule has 0 fully saturated rings. The Bertz CT molecular complexity index is 402. The molecule has 1 aromatic rings. The summed E-state index contributed by atoms with van der Waals surface area (Å²) in [5, 5.41) is 20.0. The number of nitrogens with zero attached hydrogens (tertiary/aromatic N) is 2. The van der Waals surface area contributed by atoms with Crippen LogP contribution in [0.2, 0.25) is 0 Å². The van der Waals surface area contributed by atoms with Gasteiger partial charge in [-0.05, 0) is 12.0 Å². The van der Waals surface area contributed by atoms with Gasteiger partial charge in [-0.15, -0.1) is 0 Å². The van der Waals surface area contributed by atoms with Gasteiger partial charge in [0, 0.05) is 18.4 Å². The number of nitro groups is 1. The first-order valence-corrected chi connectivity index (χ1v) is 5.92. The molecule has 0 saturated carbocycles. The van der Waals surface area contributed by atoms with Crippen molar-refractivity contribution in [3.05, 3.63) is 22.2 Å². The highest BCUT2D eigenvalue weighted by Crippen LogP contribution is 2.29. The number of hydrogen-bond acceptors (Lipinski definition) is 7. The number of nitrogen functional groups attached to an aromatic ring is 1. The lowest BCUT2D eigenvalue weighted by atomic mass is 10.2. The van der Waals surface area contributed by atoms with Gasteiger partial charge in [0.1, 0.15) is 5.82 Å². The fourth-order valence-corrected chi connectivity index (χ4v) is 2.03. The third kappa shape index (κ3) is 3.84. The number of aromatic nitrogens is 1. The molecule has 1 rings (SSSR count). The van der Waals surface area contributed by atoms with E-state index in [0.717, 1.165) is 0 Å². The second kappa shape index (κ2) is 6.38. The van der Waals surface area contributed by atoms with Gasteiger partial charge in [-0.25, -0.2) is 10.8 Å². The van der Waals surface area contributed by atoms with Crippen LogP contribution in [-0.2, 0) is 0 Å². The van der Waals surface area contributed by atoms with E-state index in [1.165, 1.54) is 23.9 Å². The lowest BCUT2D eigenvalue weighted by Crippen LogP contribution is -2.10. The lowest BCUT2D eigenvalue weighted by molar-refractivity contribution is -0.388. The normalized spacial score (nSPS) is 12.2. The molecule has 0 bridgehead atoms. The Morgan fingerprint density at radius 2 is 2.41 bits per heavy atom. The Morgan fingerprint density at radius 3 is 2.94 bits per heavy atom. The maximum Gasteiger partial charge on any atom is 0.301 e. The average Bonchev–Trinajstić information content (AvgIpc) is 2.35. The molecule has 17 heavy (non-hydrogen) atoms. The molecule has 0 aromatic carbocycles. The van der Waals surface area contributed by atoms with Crippen LogP contribution in [0, 0.1) is 16.0 Å². The first-order valence-electron chi connectivity index (χ1n) is 4.94. The molecule has 0 aliphatic carbocycles. The predicted octanol–water partition coefficient (Wildman–Crippen LogP) is 0.996. The van der Waals surface area contributed by atoms with Crippen LogP contribution in [-0.4, -0.2) is 27.4 Å². The van der Waals surface area contributed by atoms with Crippen molar-refractivity contribution in [1.82, 2.24) is 4.98 Å². The second-order valence-corrected chi connectivity index (χ2v) is 4.53. The summed E-state index contributed by atoms with van der Waals surface area (Å²) in [4.78, 5) is 14.3. The highest BCUT2D eigenvalue weighted by Gasteiger charge is 2.17. The monoisotopic (exact) mass is 258 g/mol. The molecule has 0 aliphatic heterocycles. The molecule has 0 spiro atoms. The molecular formula is C9H14N4O3S. The van der Waals surface area contributed by atoms with E-state index < -0.39 is 4.92 Å². The summed E-state index contributed by atoms with van der Waals surface area (Å²) in [5.41, 5.74) is 2.28. The van der Waals surface area contributed by atoms with Crippen molar-refractivity contribution in [2.45, 2.75) is 11.9 Å². The number of aliphatic hydroxyl groups excluding tert-OH is 1. The van der Waals surface area contributed by atoms with Crippen LogP contribution in [0.3, 0.4) is 0 Å². The van der Waals surface area contributed by atoms with Crippen molar-refractivity contribution >= 4 is 23.3 Å². The van der Waals surface area contributed by atoms with Crippen molar-refractivity contribution in [3.63, 3.8) is 0 Å². The van der Waals surface area contributed by atoms with E-state index in [-0.39, 0.29) is 18.2 Å². The zero-order chi connectivity index (χ0) is 12.8. The summed E-state index contributed by atoms with van der Waals surface area (Å²) in [6.07, 6.45) is 0. The lowest BCUT2D eigenvalue weighted by Gasteiger charge is -2.08. The van der Waals surface area contributed by atoms with Gasteiger partial charge in [0.05, 0.1) is 4.92 Å². The summed E-state index contributed by atoms with van der Waals surface area (Å²) in [6, 6.07) is 2.80. The molecule has 0 radical (unpaired) electrons. The van der Waals surface area contributed by atoms with E-state index >= 15 is 0 Å². The van der Waals surface area contributed by atoms with Gasteiger partial charge in [0.25, 0.3) is 0 Å². The van der Waals surface area contributed by atoms with Crippen molar-refractivity contribution in [1.29, 1.82) is 0 Å². The zero-order valence-corrected chi connectivity index (χ0v) is 10.1. The Balaban J connectivity index is 2.89. The number of hydrazine groups is 1. The SMILES string of the molecule is CC(CO)CSc1nc(NN)ccc1[N+](=O)[O-]. The standard InChI is InChI=1S/C9H14N4O3S/c1-6(4-14)5-17-9-7(13(15)16)2-3-8(11-9)12-10/h2-3,6,14H,4-5,10H2,1H3,(H,11,12). The molecule has 1 atom stereocenters. The van der Waals surface area contributed by atoms with Gasteiger partial charge in [-0.1, -0.05) is 18.7 Å². The molecule has 1 unspecified atom stereocenters. The summed E-state index contributed by atoms with van der Waals surface area (Å²) in [6.45, 7) is 1.89. The number of anilines is 1. The highest BCUT2D eigenvalue weighted by molar-refractivity contribution is 7.99. The van der Waals surface area contributed by atoms with Gasteiger partial charge in [0.2, 0.25) is 0 Å². The van der Waals surface area contributed by atoms with Crippen LogP contribution in [0.5, 0.6) is 0 Å².